The van der Waals surface area contributed by atoms with Gasteiger partial charge in [0.15, 0.2) is 0 Å². The topological polar surface area (TPSA) is 51.2 Å². The molecule has 6 heteroatoms. The van der Waals surface area contributed by atoms with Gasteiger partial charge in [0, 0.05) is 39.3 Å². The molecule has 0 aromatic heterocycles. The number of hydrogen-bond acceptors (Lipinski definition) is 5. The zero-order valence-electron chi connectivity index (χ0n) is 18.1. The van der Waals surface area contributed by atoms with Gasteiger partial charge in [-0.2, -0.15) is 0 Å². The lowest BCUT2D eigenvalue weighted by Crippen LogP contribution is -2.59. The van der Waals surface area contributed by atoms with Gasteiger partial charge >= 0.3 is 0 Å². The molecule has 2 aromatic carbocycles. The molecule has 2 aliphatic rings. The van der Waals surface area contributed by atoms with E-state index in [2.05, 4.69) is 17.0 Å². The van der Waals surface area contributed by atoms with Crippen molar-refractivity contribution in [1.29, 1.82) is 0 Å². The van der Waals surface area contributed by atoms with E-state index in [1.807, 2.05) is 18.2 Å². The summed E-state index contributed by atoms with van der Waals surface area (Å²) in [7, 11) is 1.57. The number of morpholine rings is 1. The van der Waals surface area contributed by atoms with Gasteiger partial charge in [-0.1, -0.05) is 30.3 Å². The first-order chi connectivity index (χ1) is 15.1. The Bertz CT molecular complexity index is 843. The van der Waals surface area contributed by atoms with Crippen LogP contribution in [0.25, 0.3) is 0 Å². The van der Waals surface area contributed by atoms with Crippen LogP contribution in [0.4, 0.5) is 4.39 Å². The maximum absolute atomic E-state index is 14.1. The van der Waals surface area contributed by atoms with E-state index in [1.54, 1.807) is 13.2 Å². The number of methoxy groups -OCH3 is 1. The number of benzene rings is 2. The molecule has 2 heterocycles. The highest BCUT2D eigenvalue weighted by molar-refractivity contribution is 5.35. The molecule has 1 N–H and O–H groups in total. The number of hydrogen-bond donors (Lipinski definition) is 1. The second kappa shape index (κ2) is 10.1. The Morgan fingerprint density at radius 3 is 2.65 bits per heavy atom. The van der Waals surface area contributed by atoms with Crippen molar-refractivity contribution in [2.45, 2.75) is 37.5 Å². The minimum absolute atomic E-state index is 0.0101. The summed E-state index contributed by atoms with van der Waals surface area (Å²) in [6.07, 6.45) is 1.42. The molecule has 0 aliphatic carbocycles. The zero-order valence-corrected chi connectivity index (χ0v) is 18.1. The molecule has 2 fully saturated rings. The van der Waals surface area contributed by atoms with Crippen molar-refractivity contribution in [2.75, 3.05) is 40.0 Å². The average molecular weight is 430 g/mol. The summed E-state index contributed by atoms with van der Waals surface area (Å²) >= 11 is 0. The minimum Gasteiger partial charge on any atom is -0.496 e. The summed E-state index contributed by atoms with van der Waals surface area (Å²) in [5.74, 6) is 0.264. The predicted molar refractivity (Wildman–Crippen MR) is 117 cm³/mol. The normalized spacial score (nSPS) is 22.7. The van der Waals surface area contributed by atoms with Crippen LogP contribution >= 0.6 is 0 Å². The number of halogens is 1. The molecular weight excluding hydrogens is 397 g/mol. The minimum atomic E-state index is -1.14. The van der Waals surface area contributed by atoms with Crippen LogP contribution in [0.5, 0.6) is 5.75 Å². The third kappa shape index (κ3) is 5.26. The van der Waals surface area contributed by atoms with Gasteiger partial charge < -0.3 is 19.3 Å². The molecule has 0 radical (unpaired) electrons. The van der Waals surface area contributed by atoms with Crippen molar-refractivity contribution in [3.8, 4) is 5.75 Å². The number of nitrogens with zero attached hydrogens (tertiary/aromatic N) is 1. The lowest BCUT2D eigenvalue weighted by Gasteiger charge is -2.47. The first kappa shape index (κ1) is 22.2. The van der Waals surface area contributed by atoms with Crippen LogP contribution in [-0.2, 0) is 22.4 Å². The summed E-state index contributed by atoms with van der Waals surface area (Å²) in [6.45, 7) is 4.05. The fourth-order valence-electron chi connectivity index (χ4n) is 4.90. The monoisotopic (exact) mass is 429 g/mol. The Balaban J connectivity index is 1.59. The van der Waals surface area contributed by atoms with Crippen LogP contribution in [0, 0.1) is 11.7 Å². The lowest BCUT2D eigenvalue weighted by atomic mass is 9.73. The first-order valence-electron chi connectivity index (χ1n) is 11.1. The molecule has 2 aliphatic heterocycles. The van der Waals surface area contributed by atoms with Crippen molar-refractivity contribution < 1.29 is 23.7 Å². The first-order valence-corrected chi connectivity index (χ1v) is 11.1. The van der Waals surface area contributed by atoms with Crippen LogP contribution in [0.1, 0.15) is 24.0 Å². The largest absolute Gasteiger partial charge is 0.496 e. The van der Waals surface area contributed by atoms with Gasteiger partial charge in [-0.25, -0.2) is 4.39 Å². The van der Waals surface area contributed by atoms with Crippen LogP contribution in [0.2, 0.25) is 0 Å². The van der Waals surface area contributed by atoms with E-state index in [-0.39, 0.29) is 24.3 Å². The standard InChI is InChI=1S/C25H32FNO4/c1-29-23-8-7-22(26)15-20(23)16-25(28,21-9-12-30-13-10-21)24-18-27(11-14-31-24)17-19-5-3-2-4-6-19/h2-8,15,21,24,28H,9-14,16-18H2,1H3. The maximum Gasteiger partial charge on any atom is 0.123 e. The predicted octanol–water partition coefficient (Wildman–Crippen LogP) is 3.44. The van der Waals surface area contributed by atoms with Gasteiger partial charge in [0.25, 0.3) is 0 Å². The van der Waals surface area contributed by atoms with Gasteiger partial charge in [0.2, 0.25) is 0 Å². The number of aliphatic hydroxyl groups is 1. The van der Waals surface area contributed by atoms with E-state index < -0.39 is 5.60 Å². The highest BCUT2D eigenvalue weighted by Crippen LogP contribution is 2.38. The van der Waals surface area contributed by atoms with E-state index in [9.17, 15) is 9.50 Å². The molecule has 2 atom stereocenters. The van der Waals surface area contributed by atoms with E-state index in [1.165, 1.54) is 17.7 Å². The number of ether oxygens (including phenoxy) is 3. The smallest absolute Gasteiger partial charge is 0.123 e. The molecule has 0 saturated carbocycles. The molecule has 2 aromatic rings. The molecule has 4 rings (SSSR count). The van der Waals surface area contributed by atoms with E-state index in [0.29, 0.717) is 37.7 Å². The summed E-state index contributed by atoms with van der Waals surface area (Å²) < 4.78 is 31.2. The highest BCUT2D eigenvalue weighted by atomic mass is 19.1. The van der Waals surface area contributed by atoms with Gasteiger partial charge in [0.05, 0.1) is 25.4 Å². The summed E-state index contributed by atoms with van der Waals surface area (Å²) in [5, 5.41) is 12.1. The Hall–Kier alpha value is -1.99. The second-order valence-corrected chi connectivity index (χ2v) is 8.59. The van der Waals surface area contributed by atoms with Crippen molar-refractivity contribution in [1.82, 2.24) is 4.90 Å². The number of rotatable bonds is 7. The quantitative estimate of drug-likeness (QED) is 0.731. The van der Waals surface area contributed by atoms with Gasteiger partial charge in [-0.15, -0.1) is 0 Å². The highest BCUT2D eigenvalue weighted by Gasteiger charge is 2.47. The van der Waals surface area contributed by atoms with Crippen molar-refractivity contribution >= 4 is 0 Å². The Morgan fingerprint density at radius 1 is 1.13 bits per heavy atom. The lowest BCUT2D eigenvalue weighted by molar-refractivity contribution is -0.181. The summed E-state index contributed by atoms with van der Waals surface area (Å²) in [6, 6.07) is 14.8. The molecule has 2 saturated heterocycles. The Kier molecular flexibility index (Phi) is 7.23. The molecule has 168 valence electrons. The maximum atomic E-state index is 14.1. The third-order valence-corrected chi connectivity index (χ3v) is 6.60. The summed E-state index contributed by atoms with van der Waals surface area (Å²) in [5.41, 5.74) is 0.769. The fraction of sp³-hybridized carbons (Fsp3) is 0.520. The van der Waals surface area contributed by atoms with Crippen LogP contribution in [0.15, 0.2) is 48.5 Å². The van der Waals surface area contributed by atoms with Crippen LogP contribution in [-0.4, -0.2) is 61.7 Å². The van der Waals surface area contributed by atoms with Crippen molar-refractivity contribution in [2.24, 2.45) is 5.92 Å². The van der Waals surface area contributed by atoms with E-state index in [0.717, 1.165) is 25.9 Å². The molecule has 2 unspecified atom stereocenters. The SMILES string of the molecule is COc1ccc(F)cc1CC(O)(C1CCOCC1)C1CN(Cc2ccccc2)CCO1. The fourth-order valence-corrected chi connectivity index (χ4v) is 4.90. The van der Waals surface area contributed by atoms with Crippen LogP contribution in [0.3, 0.4) is 0 Å². The zero-order chi connectivity index (χ0) is 21.7. The molecule has 0 amide bonds. The summed E-state index contributed by atoms with van der Waals surface area (Å²) in [4.78, 5) is 2.33. The van der Waals surface area contributed by atoms with Crippen molar-refractivity contribution in [3.63, 3.8) is 0 Å². The average Bonchev–Trinajstić information content (AvgIpc) is 2.81. The Labute approximate surface area is 183 Å². The molecular formula is C25H32FNO4. The third-order valence-electron chi connectivity index (χ3n) is 6.60. The van der Waals surface area contributed by atoms with Gasteiger partial charge in [-0.3, -0.25) is 4.90 Å². The molecule has 5 nitrogen and oxygen atoms in total. The van der Waals surface area contributed by atoms with E-state index in [4.69, 9.17) is 14.2 Å². The van der Waals surface area contributed by atoms with E-state index >= 15 is 0 Å². The molecule has 0 spiro atoms. The molecule has 31 heavy (non-hydrogen) atoms. The van der Waals surface area contributed by atoms with Crippen LogP contribution < -0.4 is 4.74 Å². The molecule has 0 bridgehead atoms. The van der Waals surface area contributed by atoms with Gasteiger partial charge in [-0.05, 0) is 48.1 Å². The Morgan fingerprint density at radius 2 is 1.90 bits per heavy atom. The van der Waals surface area contributed by atoms with Gasteiger partial charge in [0.1, 0.15) is 11.6 Å². The second-order valence-electron chi connectivity index (χ2n) is 8.59. The van der Waals surface area contributed by atoms with Crippen molar-refractivity contribution in [3.05, 3.63) is 65.5 Å².